The van der Waals surface area contributed by atoms with Gasteiger partial charge in [0, 0.05) is 13.1 Å². The van der Waals surface area contributed by atoms with Crippen LogP contribution < -0.4 is 22.3 Å². The molecule has 0 aliphatic rings. The minimum atomic E-state index is 0.766. The van der Waals surface area contributed by atoms with Crippen LogP contribution in [-0.2, 0) is 0 Å². The third-order valence-corrected chi connectivity index (χ3v) is 3.64. The van der Waals surface area contributed by atoms with Crippen molar-refractivity contribution in [1.29, 1.82) is 0 Å². The topological polar surface area (TPSA) is 76.1 Å². The smallest absolute Gasteiger partial charge is 0.0112 e. The molecule has 4 nitrogen and oxygen atoms in total. The number of nitrogens with two attached hydrogens (primary N) is 2. The third-order valence-electron chi connectivity index (χ3n) is 3.64. The normalized spacial score (nSPS) is 11.1. The van der Waals surface area contributed by atoms with Crippen molar-refractivity contribution >= 4 is 0 Å². The van der Waals surface area contributed by atoms with Crippen molar-refractivity contribution in [2.75, 3.05) is 26.2 Å². The molecular formula is C16H38N4. The minimum absolute atomic E-state index is 0.766. The zero-order valence-electron chi connectivity index (χ0n) is 13.5. The lowest BCUT2D eigenvalue weighted by atomic mass is 10.1. The molecule has 6 N–H and O–H groups in total. The summed E-state index contributed by atoms with van der Waals surface area (Å²) in [7, 11) is 0. The molecule has 0 aliphatic heterocycles. The van der Waals surface area contributed by atoms with Crippen molar-refractivity contribution in [3.63, 3.8) is 0 Å². The van der Waals surface area contributed by atoms with Crippen molar-refractivity contribution in [2.24, 2.45) is 11.5 Å². The van der Waals surface area contributed by atoms with Crippen LogP contribution in [0.5, 0.6) is 0 Å². The van der Waals surface area contributed by atoms with E-state index in [2.05, 4.69) is 10.9 Å². The summed E-state index contributed by atoms with van der Waals surface area (Å²) >= 11 is 0. The van der Waals surface area contributed by atoms with Crippen LogP contribution in [-0.4, -0.2) is 26.2 Å². The van der Waals surface area contributed by atoms with Crippen LogP contribution in [0.4, 0.5) is 0 Å². The molecule has 0 spiro atoms. The largest absolute Gasteiger partial charge is 0.330 e. The van der Waals surface area contributed by atoms with Crippen molar-refractivity contribution in [3.8, 4) is 0 Å². The molecule has 0 aromatic rings. The fraction of sp³-hybridized carbons (Fsp3) is 1.00. The molecule has 0 aromatic heterocycles. The minimum Gasteiger partial charge on any atom is -0.330 e. The van der Waals surface area contributed by atoms with Crippen molar-refractivity contribution < 1.29 is 0 Å². The van der Waals surface area contributed by atoms with E-state index in [0.29, 0.717) is 0 Å². The molecule has 4 heteroatoms. The first-order valence-electron chi connectivity index (χ1n) is 8.77. The van der Waals surface area contributed by atoms with Crippen LogP contribution in [0, 0.1) is 0 Å². The van der Waals surface area contributed by atoms with Gasteiger partial charge in [0.2, 0.25) is 0 Å². The zero-order chi connectivity index (χ0) is 14.7. The van der Waals surface area contributed by atoms with Gasteiger partial charge in [-0.05, 0) is 32.4 Å². The SMILES string of the molecule is NCCCCCCCCCCCCCNNCCCN. The highest BCUT2D eigenvalue weighted by atomic mass is 15.3. The van der Waals surface area contributed by atoms with Crippen LogP contribution in [0.2, 0.25) is 0 Å². The molecular weight excluding hydrogens is 248 g/mol. The van der Waals surface area contributed by atoms with Crippen LogP contribution in [0.15, 0.2) is 0 Å². The van der Waals surface area contributed by atoms with E-state index in [4.69, 9.17) is 11.5 Å². The summed E-state index contributed by atoms with van der Waals surface area (Å²) in [4.78, 5) is 0. The first-order chi connectivity index (χ1) is 9.91. The van der Waals surface area contributed by atoms with Gasteiger partial charge in [0.15, 0.2) is 0 Å². The molecule has 0 fully saturated rings. The Kier molecular flexibility index (Phi) is 18.7. The Labute approximate surface area is 126 Å². The molecule has 0 aliphatic carbocycles. The summed E-state index contributed by atoms with van der Waals surface area (Å²) in [5, 5.41) is 0. The Balaban J connectivity index is 2.89. The Morgan fingerprint density at radius 3 is 1.20 bits per heavy atom. The van der Waals surface area contributed by atoms with Crippen LogP contribution >= 0.6 is 0 Å². The van der Waals surface area contributed by atoms with E-state index < -0.39 is 0 Å². The lowest BCUT2D eigenvalue weighted by Crippen LogP contribution is -2.34. The van der Waals surface area contributed by atoms with E-state index in [1.807, 2.05) is 0 Å². The first-order valence-corrected chi connectivity index (χ1v) is 8.77. The average Bonchev–Trinajstić information content (AvgIpc) is 2.47. The number of rotatable bonds is 17. The highest BCUT2D eigenvalue weighted by Gasteiger charge is 1.93. The molecule has 20 heavy (non-hydrogen) atoms. The van der Waals surface area contributed by atoms with Gasteiger partial charge in [-0.3, -0.25) is 10.9 Å². The quantitative estimate of drug-likeness (QED) is 0.245. The average molecular weight is 287 g/mol. The second-order valence-corrected chi connectivity index (χ2v) is 5.67. The van der Waals surface area contributed by atoms with Crippen molar-refractivity contribution in [3.05, 3.63) is 0 Å². The van der Waals surface area contributed by atoms with E-state index in [1.165, 1.54) is 70.6 Å². The molecule has 0 unspecified atom stereocenters. The van der Waals surface area contributed by atoms with Gasteiger partial charge in [0.1, 0.15) is 0 Å². The molecule has 0 atom stereocenters. The van der Waals surface area contributed by atoms with Crippen LogP contribution in [0.3, 0.4) is 0 Å². The van der Waals surface area contributed by atoms with Gasteiger partial charge in [0.25, 0.3) is 0 Å². The van der Waals surface area contributed by atoms with Crippen LogP contribution in [0.1, 0.15) is 77.0 Å². The van der Waals surface area contributed by atoms with Gasteiger partial charge >= 0.3 is 0 Å². The summed E-state index contributed by atoms with van der Waals surface area (Å²) < 4.78 is 0. The van der Waals surface area contributed by atoms with E-state index in [9.17, 15) is 0 Å². The number of hydrogen-bond donors (Lipinski definition) is 4. The maximum absolute atomic E-state index is 5.48. The molecule has 0 aromatic carbocycles. The van der Waals surface area contributed by atoms with Gasteiger partial charge in [-0.1, -0.05) is 57.8 Å². The molecule has 0 rings (SSSR count). The van der Waals surface area contributed by atoms with Crippen molar-refractivity contribution in [2.45, 2.75) is 77.0 Å². The summed E-state index contributed by atoms with van der Waals surface area (Å²) in [6.07, 6.45) is 16.0. The van der Waals surface area contributed by atoms with Gasteiger partial charge in [-0.2, -0.15) is 0 Å². The monoisotopic (exact) mass is 286 g/mol. The molecule has 0 heterocycles. The summed E-state index contributed by atoms with van der Waals surface area (Å²) in [6, 6.07) is 0. The Hall–Kier alpha value is -0.160. The lowest BCUT2D eigenvalue weighted by Gasteiger charge is -2.06. The third kappa shape index (κ3) is 17.8. The van der Waals surface area contributed by atoms with E-state index in [0.717, 1.165) is 32.6 Å². The predicted octanol–water partition coefficient (Wildman–Crippen LogP) is 2.68. The number of unbranched alkanes of at least 4 members (excludes halogenated alkanes) is 10. The molecule has 122 valence electrons. The van der Waals surface area contributed by atoms with Gasteiger partial charge in [0.05, 0.1) is 0 Å². The fourth-order valence-electron chi connectivity index (χ4n) is 2.32. The lowest BCUT2D eigenvalue weighted by molar-refractivity contribution is 0.491. The second kappa shape index (κ2) is 18.8. The van der Waals surface area contributed by atoms with Crippen LogP contribution in [0.25, 0.3) is 0 Å². The standard InChI is InChI=1S/C16H38N4/c17-13-10-8-6-4-2-1-3-5-7-9-11-15-19-20-16-12-14-18/h19-20H,1-18H2. The van der Waals surface area contributed by atoms with Gasteiger partial charge in [-0.15, -0.1) is 0 Å². The van der Waals surface area contributed by atoms with E-state index in [1.54, 1.807) is 0 Å². The molecule has 0 radical (unpaired) electrons. The molecule has 0 bridgehead atoms. The molecule has 0 saturated heterocycles. The molecule has 0 amide bonds. The Morgan fingerprint density at radius 2 is 0.750 bits per heavy atom. The summed E-state index contributed by atoms with van der Waals surface area (Å²) in [5.74, 6) is 0. The van der Waals surface area contributed by atoms with Gasteiger partial charge in [-0.25, -0.2) is 0 Å². The maximum atomic E-state index is 5.48. The first kappa shape index (κ1) is 19.8. The van der Waals surface area contributed by atoms with Gasteiger partial charge < -0.3 is 11.5 Å². The zero-order valence-corrected chi connectivity index (χ0v) is 13.5. The highest BCUT2D eigenvalue weighted by molar-refractivity contribution is 4.50. The molecule has 0 saturated carbocycles. The number of nitrogens with one attached hydrogen (secondary N) is 2. The summed E-state index contributed by atoms with van der Waals surface area (Å²) in [6.45, 7) is 3.67. The Morgan fingerprint density at radius 1 is 0.400 bits per heavy atom. The fourth-order valence-corrected chi connectivity index (χ4v) is 2.32. The van der Waals surface area contributed by atoms with Crippen molar-refractivity contribution in [1.82, 2.24) is 10.9 Å². The summed E-state index contributed by atoms with van der Waals surface area (Å²) in [5.41, 5.74) is 17.3. The van der Waals surface area contributed by atoms with E-state index in [-0.39, 0.29) is 0 Å². The Bertz CT molecular complexity index is 147. The number of hydrazine groups is 1. The second-order valence-electron chi connectivity index (χ2n) is 5.67. The van der Waals surface area contributed by atoms with E-state index >= 15 is 0 Å². The number of hydrogen-bond acceptors (Lipinski definition) is 4. The predicted molar refractivity (Wildman–Crippen MR) is 89.5 cm³/mol. The maximum Gasteiger partial charge on any atom is 0.0112 e. The highest BCUT2D eigenvalue weighted by Crippen LogP contribution is 2.10.